The Bertz CT molecular complexity index is 783. The topological polar surface area (TPSA) is 48.8 Å². The number of aromatic nitrogens is 2. The van der Waals surface area contributed by atoms with Gasteiger partial charge in [-0.2, -0.15) is 0 Å². The molecule has 0 amide bonds. The second kappa shape index (κ2) is 8.86. The number of benzene rings is 1. The number of piperidine rings is 1. The molecule has 6 nitrogen and oxygen atoms in total. The summed E-state index contributed by atoms with van der Waals surface area (Å²) < 4.78 is 19.8. The lowest BCUT2D eigenvalue weighted by atomic mass is 10.1. The molecule has 0 N–H and O–H groups in total. The van der Waals surface area contributed by atoms with Gasteiger partial charge >= 0.3 is 0 Å². The number of nitrogens with zero attached hydrogens (tertiary/aromatic N) is 3. The molecule has 1 aromatic carbocycles. The Hall–Kier alpha value is -2.21. The summed E-state index contributed by atoms with van der Waals surface area (Å²) >= 11 is 0. The number of likely N-dealkylation sites (tertiary alicyclic amines) is 1. The van der Waals surface area contributed by atoms with Gasteiger partial charge in [0, 0.05) is 30.6 Å². The number of hydrogen-bond donors (Lipinski definition) is 0. The maximum atomic E-state index is 5.92. The standard InChI is InChI=1S/C22H31N3O3/c1-3-17(15-24-8-5-4-6-9-24)25-16-23-14-19(25)18-12-21-22(13-20(18)26-2)28-11-7-10-27-21/h12-14,16-17H,3-11,15H2,1-2H3/t17-/m0/s1. The molecule has 1 fully saturated rings. The fourth-order valence-electron chi connectivity index (χ4n) is 4.22. The molecule has 2 aliphatic heterocycles. The summed E-state index contributed by atoms with van der Waals surface area (Å²) in [6.45, 7) is 7.06. The van der Waals surface area contributed by atoms with Gasteiger partial charge in [0.2, 0.25) is 0 Å². The van der Waals surface area contributed by atoms with Gasteiger partial charge in [-0.1, -0.05) is 13.3 Å². The van der Waals surface area contributed by atoms with Crippen LogP contribution < -0.4 is 14.2 Å². The zero-order valence-corrected chi connectivity index (χ0v) is 17.0. The number of methoxy groups -OCH3 is 1. The molecule has 0 radical (unpaired) electrons. The Labute approximate surface area is 167 Å². The van der Waals surface area contributed by atoms with Crippen molar-refractivity contribution in [2.24, 2.45) is 0 Å². The number of hydrogen-bond acceptors (Lipinski definition) is 5. The van der Waals surface area contributed by atoms with E-state index >= 15 is 0 Å². The molecule has 1 saturated heterocycles. The molecule has 1 atom stereocenters. The first kappa shape index (κ1) is 19.1. The lowest BCUT2D eigenvalue weighted by molar-refractivity contribution is 0.194. The summed E-state index contributed by atoms with van der Waals surface area (Å²) in [7, 11) is 1.70. The molecule has 152 valence electrons. The predicted molar refractivity (Wildman–Crippen MR) is 109 cm³/mol. The van der Waals surface area contributed by atoms with Crippen LogP contribution in [0.2, 0.25) is 0 Å². The van der Waals surface area contributed by atoms with Crippen LogP contribution in [0.3, 0.4) is 0 Å². The van der Waals surface area contributed by atoms with E-state index in [1.54, 1.807) is 7.11 Å². The maximum absolute atomic E-state index is 5.92. The fourth-order valence-corrected chi connectivity index (χ4v) is 4.22. The molecular formula is C22H31N3O3. The van der Waals surface area contributed by atoms with Crippen molar-refractivity contribution < 1.29 is 14.2 Å². The monoisotopic (exact) mass is 385 g/mol. The van der Waals surface area contributed by atoms with Crippen molar-refractivity contribution in [1.82, 2.24) is 14.5 Å². The van der Waals surface area contributed by atoms with Gasteiger partial charge in [0.15, 0.2) is 11.5 Å². The second-order valence-electron chi connectivity index (χ2n) is 7.66. The van der Waals surface area contributed by atoms with Crippen molar-refractivity contribution in [3.05, 3.63) is 24.7 Å². The van der Waals surface area contributed by atoms with Crippen molar-refractivity contribution in [3.8, 4) is 28.5 Å². The smallest absolute Gasteiger partial charge is 0.164 e. The zero-order valence-electron chi connectivity index (χ0n) is 17.0. The third-order valence-electron chi connectivity index (χ3n) is 5.79. The highest BCUT2D eigenvalue weighted by Crippen LogP contribution is 2.41. The van der Waals surface area contributed by atoms with E-state index in [1.165, 1.54) is 32.4 Å². The van der Waals surface area contributed by atoms with Crippen LogP contribution in [0.25, 0.3) is 11.3 Å². The van der Waals surface area contributed by atoms with E-state index in [-0.39, 0.29) is 0 Å². The van der Waals surface area contributed by atoms with Crippen LogP contribution >= 0.6 is 0 Å². The summed E-state index contributed by atoms with van der Waals surface area (Å²) in [6, 6.07) is 4.37. The normalized spacial score (nSPS) is 18.5. The molecule has 1 aromatic heterocycles. The first-order valence-electron chi connectivity index (χ1n) is 10.5. The van der Waals surface area contributed by atoms with Gasteiger partial charge in [0.05, 0.1) is 38.5 Å². The summed E-state index contributed by atoms with van der Waals surface area (Å²) in [5.41, 5.74) is 2.07. The number of fused-ring (bicyclic) bond motifs is 1. The summed E-state index contributed by atoms with van der Waals surface area (Å²) in [5.74, 6) is 2.33. The van der Waals surface area contributed by atoms with E-state index < -0.39 is 0 Å². The van der Waals surface area contributed by atoms with E-state index in [2.05, 4.69) is 21.4 Å². The van der Waals surface area contributed by atoms with Crippen molar-refractivity contribution in [2.45, 2.75) is 45.1 Å². The van der Waals surface area contributed by atoms with Gasteiger partial charge < -0.3 is 23.7 Å². The van der Waals surface area contributed by atoms with Crippen LogP contribution in [0.5, 0.6) is 17.2 Å². The van der Waals surface area contributed by atoms with E-state index in [4.69, 9.17) is 14.2 Å². The van der Waals surface area contributed by atoms with E-state index in [1.807, 2.05) is 24.7 Å². The third kappa shape index (κ3) is 3.97. The average Bonchev–Trinajstić information content (AvgIpc) is 3.10. The Balaban J connectivity index is 1.66. The van der Waals surface area contributed by atoms with Crippen LogP contribution in [0.4, 0.5) is 0 Å². The molecule has 6 heteroatoms. The van der Waals surface area contributed by atoms with Gasteiger partial charge in [0.1, 0.15) is 5.75 Å². The van der Waals surface area contributed by atoms with E-state index in [9.17, 15) is 0 Å². The number of ether oxygens (including phenoxy) is 3. The minimum absolute atomic E-state index is 0.385. The summed E-state index contributed by atoms with van der Waals surface area (Å²) in [4.78, 5) is 7.07. The minimum Gasteiger partial charge on any atom is -0.496 e. The van der Waals surface area contributed by atoms with Gasteiger partial charge in [0.25, 0.3) is 0 Å². The fraction of sp³-hybridized carbons (Fsp3) is 0.591. The summed E-state index contributed by atoms with van der Waals surface area (Å²) in [5, 5.41) is 0. The largest absolute Gasteiger partial charge is 0.496 e. The van der Waals surface area contributed by atoms with Crippen LogP contribution in [-0.4, -0.2) is 54.4 Å². The molecule has 0 aliphatic carbocycles. The van der Waals surface area contributed by atoms with Gasteiger partial charge in [-0.25, -0.2) is 4.98 Å². The minimum atomic E-state index is 0.385. The lowest BCUT2D eigenvalue weighted by Gasteiger charge is -2.31. The van der Waals surface area contributed by atoms with E-state index in [0.29, 0.717) is 19.3 Å². The van der Waals surface area contributed by atoms with Gasteiger partial charge in [-0.05, 0) is 38.4 Å². The SMILES string of the molecule is CC[C@@H](CN1CCCCC1)n1cncc1-c1cc2c(cc1OC)OCCCO2. The highest BCUT2D eigenvalue weighted by Gasteiger charge is 2.23. The Kier molecular flexibility index (Phi) is 6.05. The highest BCUT2D eigenvalue weighted by atomic mass is 16.5. The molecular weight excluding hydrogens is 354 g/mol. The maximum Gasteiger partial charge on any atom is 0.164 e. The molecule has 0 spiro atoms. The van der Waals surface area contributed by atoms with Crippen molar-refractivity contribution >= 4 is 0 Å². The Morgan fingerprint density at radius 1 is 1.07 bits per heavy atom. The van der Waals surface area contributed by atoms with Crippen LogP contribution in [0.15, 0.2) is 24.7 Å². The van der Waals surface area contributed by atoms with Crippen molar-refractivity contribution in [2.75, 3.05) is 40.0 Å². The first-order valence-corrected chi connectivity index (χ1v) is 10.5. The predicted octanol–water partition coefficient (Wildman–Crippen LogP) is 4.16. The molecule has 0 saturated carbocycles. The third-order valence-corrected chi connectivity index (χ3v) is 5.79. The van der Waals surface area contributed by atoms with Crippen LogP contribution in [0, 0.1) is 0 Å². The zero-order chi connectivity index (χ0) is 19.3. The highest BCUT2D eigenvalue weighted by molar-refractivity contribution is 5.72. The molecule has 0 bridgehead atoms. The van der Waals surface area contributed by atoms with Gasteiger partial charge in [-0.15, -0.1) is 0 Å². The van der Waals surface area contributed by atoms with Crippen LogP contribution in [-0.2, 0) is 0 Å². The summed E-state index contributed by atoms with van der Waals surface area (Å²) in [6.07, 6.45) is 9.81. The van der Waals surface area contributed by atoms with Crippen LogP contribution in [0.1, 0.15) is 45.1 Å². The van der Waals surface area contributed by atoms with E-state index in [0.717, 1.165) is 47.9 Å². The molecule has 3 heterocycles. The number of imidazole rings is 1. The molecule has 0 unspecified atom stereocenters. The number of rotatable bonds is 6. The van der Waals surface area contributed by atoms with Gasteiger partial charge in [-0.3, -0.25) is 0 Å². The molecule has 28 heavy (non-hydrogen) atoms. The van der Waals surface area contributed by atoms with Crippen molar-refractivity contribution in [3.63, 3.8) is 0 Å². The first-order chi connectivity index (χ1) is 13.8. The quantitative estimate of drug-likeness (QED) is 0.747. The Morgan fingerprint density at radius 3 is 2.54 bits per heavy atom. The second-order valence-corrected chi connectivity index (χ2v) is 7.66. The van der Waals surface area contributed by atoms with Crippen molar-refractivity contribution in [1.29, 1.82) is 0 Å². The molecule has 4 rings (SSSR count). The molecule has 2 aliphatic rings. The molecule has 2 aromatic rings. The Morgan fingerprint density at radius 2 is 1.82 bits per heavy atom. The lowest BCUT2D eigenvalue weighted by Crippen LogP contribution is -2.35. The average molecular weight is 386 g/mol.